The van der Waals surface area contributed by atoms with Crippen LogP contribution in [0.1, 0.15) is 29.5 Å². The summed E-state index contributed by atoms with van der Waals surface area (Å²) < 4.78 is 1.88. The topological polar surface area (TPSA) is 56.5 Å². The molecule has 140 valence electrons. The van der Waals surface area contributed by atoms with Crippen LogP contribution >= 0.6 is 11.3 Å². The molecular weight excluding hydrogens is 366 g/mol. The minimum absolute atomic E-state index is 0.982. The molecular formula is C22H21N5S. The van der Waals surface area contributed by atoms with Gasteiger partial charge in [0.15, 0.2) is 0 Å². The maximum atomic E-state index is 4.68. The minimum atomic E-state index is 0.982. The van der Waals surface area contributed by atoms with Crippen molar-refractivity contribution in [2.24, 2.45) is 7.05 Å². The average molecular weight is 388 g/mol. The molecule has 0 aromatic carbocycles. The number of thiophene rings is 1. The van der Waals surface area contributed by atoms with Crippen LogP contribution in [-0.2, 0) is 19.9 Å². The quantitative estimate of drug-likeness (QED) is 0.504. The zero-order valence-electron chi connectivity index (χ0n) is 16.0. The summed E-state index contributed by atoms with van der Waals surface area (Å²) in [5, 5.41) is 13.6. The zero-order chi connectivity index (χ0) is 19.1. The number of hydrogen-bond acceptors (Lipinski definition) is 5. The largest absolute Gasteiger partial charge is 0.266 e. The molecule has 0 N–H and O–H groups in total. The number of nitrogens with zero attached hydrogens (tertiary/aromatic N) is 5. The van der Waals surface area contributed by atoms with Gasteiger partial charge in [-0.2, -0.15) is 5.10 Å². The number of aryl methyl sites for hydroxylation is 2. The maximum Gasteiger partial charge on any atom is 0.114 e. The Kier molecular flexibility index (Phi) is 4.28. The van der Waals surface area contributed by atoms with Crippen molar-refractivity contribution in [3.8, 4) is 32.5 Å². The Morgan fingerprint density at radius 1 is 0.893 bits per heavy atom. The number of fused-ring (bicyclic) bond motifs is 1. The third-order valence-corrected chi connectivity index (χ3v) is 6.47. The first-order chi connectivity index (χ1) is 13.7. The summed E-state index contributed by atoms with van der Waals surface area (Å²) in [5.41, 5.74) is 7.92. The molecule has 0 saturated carbocycles. The van der Waals surface area contributed by atoms with Gasteiger partial charge in [0.1, 0.15) is 11.4 Å². The molecule has 4 aromatic heterocycles. The monoisotopic (exact) mass is 387 g/mol. The second-order valence-electron chi connectivity index (χ2n) is 7.29. The minimum Gasteiger partial charge on any atom is -0.266 e. The highest BCUT2D eigenvalue weighted by atomic mass is 32.1. The smallest absolute Gasteiger partial charge is 0.114 e. The number of pyridine rings is 1. The summed E-state index contributed by atoms with van der Waals surface area (Å²) in [5.74, 6) is 0. The molecule has 0 saturated heterocycles. The first-order valence-corrected chi connectivity index (χ1v) is 10.4. The third kappa shape index (κ3) is 2.94. The van der Waals surface area contributed by atoms with Gasteiger partial charge in [-0.3, -0.25) is 9.67 Å². The predicted molar refractivity (Wildman–Crippen MR) is 112 cm³/mol. The summed E-state index contributed by atoms with van der Waals surface area (Å²) in [7, 11) is 1.96. The lowest BCUT2D eigenvalue weighted by Gasteiger charge is -2.20. The van der Waals surface area contributed by atoms with E-state index < -0.39 is 0 Å². The molecule has 1 aliphatic rings. The fourth-order valence-electron chi connectivity index (χ4n) is 3.88. The van der Waals surface area contributed by atoms with Gasteiger partial charge < -0.3 is 0 Å². The first kappa shape index (κ1) is 17.3. The Hall–Kier alpha value is -2.86. The highest BCUT2D eigenvalue weighted by molar-refractivity contribution is 7.18. The molecule has 5 rings (SSSR count). The predicted octanol–water partition coefficient (Wildman–Crippen LogP) is 4.85. The van der Waals surface area contributed by atoms with Crippen molar-refractivity contribution in [1.82, 2.24) is 25.0 Å². The van der Waals surface area contributed by atoms with E-state index in [1.807, 2.05) is 30.2 Å². The molecule has 0 amide bonds. The lowest BCUT2D eigenvalue weighted by Crippen LogP contribution is -2.11. The number of hydrogen-bond donors (Lipinski definition) is 0. The maximum absolute atomic E-state index is 4.68. The Bertz CT molecular complexity index is 1140. The van der Waals surface area contributed by atoms with E-state index in [1.54, 1.807) is 11.3 Å². The molecule has 4 aromatic rings. The van der Waals surface area contributed by atoms with E-state index >= 15 is 0 Å². The summed E-state index contributed by atoms with van der Waals surface area (Å²) in [6.07, 6.45) is 8.25. The van der Waals surface area contributed by atoms with Crippen LogP contribution < -0.4 is 0 Å². The lowest BCUT2D eigenvalue weighted by atomic mass is 9.88. The Morgan fingerprint density at radius 3 is 2.36 bits per heavy atom. The van der Waals surface area contributed by atoms with E-state index in [0.29, 0.717) is 0 Å². The van der Waals surface area contributed by atoms with Crippen molar-refractivity contribution in [3.05, 3.63) is 59.4 Å². The summed E-state index contributed by atoms with van der Waals surface area (Å²) in [4.78, 5) is 6.90. The fraction of sp³-hybridized carbons (Fsp3) is 0.273. The fourth-order valence-corrected chi connectivity index (χ4v) is 4.87. The molecule has 0 unspecified atom stereocenters. The Labute approximate surface area is 168 Å². The zero-order valence-corrected chi connectivity index (χ0v) is 16.8. The van der Waals surface area contributed by atoms with Gasteiger partial charge in [0, 0.05) is 19.4 Å². The van der Waals surface area contributed by atoms with E-state index in [0.717, 1.165) is 40.5 Å². The van der Waals surface area contributed by atoms with Crippen molar-refractivity contribution < 1.29 is 0 Å². The molecule has 0 spiro atoms. The SMILES string of the molecule is Cc1ccc(-c2ccc(-c3nnc(-c4ccnn4C)c4c3CCCC4)s2)nc1. The molecule has 1 aliphatic carbocycles. The highest BCUT2D eigenvalue weighted by Gasteiger charge is 2.23. The second kappa shape index (κ2) is 6.95. The number of rotatable bonds is 3. The molecule has 0 aliphatic heterocycles. The molecule has 0 bridgehead atoms. The van der Waals surface area contributed by atoms with Gasteiger partial charge in [-0.15, -0.1) is 21.5 Å². The molecule has 5 nitrogen and oxygen atoms in total. The van der Waals surface area contributed by atoms with Gasteiger partial charge in [-0.25, -0.2) is 0 Å². The number of aromatic nitrogens is 5. The molecule has 6 heteroatoms. The van der Waals surface area contributed by atoms with Crippen LogP contribution in [0.15, 0.2) is 42.7 Å². The van der Waals surface area contributed by atoms with E-state index in [9.17, 15) is 0 Å². The van der Waals surface area contributed by atoms with E-state index in [4.69, 9.17) is 0 Å². The van der Waals surface area contributed by atoms with Gasteiger partial charge in [-0.05, 0) is 73.6 Å². The van der Waals surface area contributed by atoms with E-state index in [-0.39, 0.29) is 0 Å². The van der Waals surface area contributed by atoms with Gasteiger partial charge in [-0.1, -0.05) is 6.07 Å². The van der Waals surface area contributed by atoms with Crippen molar-refractivity contribution in [3.63, 3.8) is 0 Å². The first-order valence-electron chi connectivity index (χ1n) is 9.61. The Balaban J connectivity index is 1.60. The second-order valence-corrected chi connectivity index (χ2v) is 8.37. The summed E-state index contributed by atoms with van der Waals surface area (Å²) in [6, 6.07) is 10.5. The van der Waals surface area contributed by atoms with Crippen LogP contribution in [0, 0.1) is 6.92 Å². The highest BCUT2D eigenvalue weighted by Crippen LogP contribution is 2.39. The van der Waals surface area contributed by atoms with E-state index in [2.05, 4.69) is 51.5 Å². The van der Waals surface area contributed by atoms with Crippen molar-refractivity contribution in [2.75, 3.05) is 0 Å². The molecule has 0 radical (unpaired) electrons. The molecule has 28 heavy (non-hydrogen) atoms. The molecule has 4 heterocycles. The van der Waals surface area contributed by atoms with E-state index in [1.165, 1.54) is 34.4 Å². The molecule has 0 atom stereocenters. The van der Waals surface area contributed by atoms with Gasteiger partial charge in [0.2, 0.25) is 0 Å². The lowest BCUT2D eigenvalue weighted by molar-refractivity contribution is 0.675. The average Bonchev–Trinajstić information content (AvgIpc) is 3.37. The van der Waals surface area contributed by atoms with Crippen LogP contribution in [0.2, 0.25) is 0 Å². The van der Waals surface area contributed by atoms with Gasteiger partial charge in [0.05, 0.1) is 21.1 Å². The van der Waals surface area contributed by atoms with Crippen LogP contribution in [0.5, 0.6) is 0 Å². The van der Waals surface area contributed by atoms with Gasteiger partial charge in [0.25, 0.3) is 0 Å². The van der Waals surface area contributed by atoms with Crippen LogP contribution in [0.3, 0.4) is 0 Å². The normalized spacial score (nSPS) is 13.5. The van der Waals surface area contributed by atoms with Crippen LogP contribution in [0.4, 0.5) is 0 Å². The van der Waals surface area contributed by atoms with Crippen molar-refractivity contribution >= 4 is 11.3 Å². The summed E-state index contributed by atoms with van der Waals surface area (Å²) in [6.45, 7) is 2.06. The van der Waals surface area contributed by atoms with Gasteiger partial charge >= 0.3 is 0 Å². The summed E-state index contributed by atoms with van der Waals surface area (Å²) >= 11 is 1.74. The van der Waals surface area contributed by atoms with Crippen LogP contribution in [0.25, 0.3) is 32.5 Å². The standard InChI is InChI=1S/C22H21N5S/c1-14-7-8-17(23-13-14)19-9-10-20(28-19)22-16-6-4-3-5-15(16)21(25-26-22)18-11-12-24-27(18)2/h7-13H,3-6H2,1-2H3. The third-order valence-electron chi connectivity index (χ3n) is 5.36. The van der Waals surface area contributed by atoms with Crippen LogP contribution in [-0.4, -0.2) is 25.0 Å². The Morgan fingerprint density at radius 2 is 1.64 bits per heavy atom. The van der Waals surface area contributed by atoms with Crippen molar-refractivity contribution in [1.29, 1.82) is 0 Å². The van der Waals surface area contributed by atoms with Crippen molar-refractivity contribution in [2.45, 2.75) is 32.6 Å². The molecule has 0 fully saturated rings.